The van der Waals surface area contributed by atoms with Gasteiger partial charge in [0.05, 0.1) is 11.7 Å². The molecule has 5 fully saturated rings. The van der Waals surface area contributed by atoms with E-state index in [0.717, 1.165) is 38.5 Å². The van der Waals surface area contributed by atoms with E-state index >= 15 is 0 Å². The smallest absolute Gasteiger partial charge is 0.306 e. The largest absolute Gasteiger partial charge is 0.462 e. The van der Waals surface area contributed by atoms with Gasteiger partial charge in [0.1, 0.15) is 12.2 Å². The van der Waals surface area contributed by atoms with E-state index in [9.17, 15) is 9.90 Å². The number of epoxide rings is 1. The lowest BCUT2D eigenvalue weighted by Gasteiger charge is -2.64. The van der Waals surface area contributed by atoms with Crippen molar-refractivity contribution in [3.63, 3.8) is 0 Å². The molecule has 0 spiro atoms. The van der Waals surface area contributed by atoms with Crippen molar-refractivity contribution in [2.24, 2.45) is 45.3 Å². The molecule has 0 bridgehead atoms. The molecule has 2 aliphatic heterocycles. The van der Waals surface area contributed by atoms with Gasteiger partial charge in [-0.2, -0.15) is 0 Å². The Labute approximate surface area is 313 Å². The summed E-state index contributed by atoms with van der Waals surface area (Å²) in [7, 11) is 0. The first-order chi connectivity index (χ1) is 24.2. The number of allylic oxidation sites excluding steroid dienone is 2. The summed E-state index contributed by atoms with van der Waals surface area (Å²) in [6, 6.07) is 0. The molecule has 11 atom stereocenters. The van der Waals surface area contributed by atoms with Crippen molar-refractivity contribution in [2.75, 3.05) is 0 Å². The molecule has 5 nitrogen and oxygen atoms in total. The Balaban J connectivity index is 0.985. The molecule has 292 valence electrons. The molecule has 0 aromatic carbocycles. The maximum absolute atomic E-state index is 13.2. The number of hydrogen-bond acceptors (Lipinski definition) is 5. The van der Waals surface area contributed by atoms with Gasteiger partial charge in [0.15, 0.2) is 6.29 Å². The highest BCUT2D eigenvalue weighted by atomic mass is 16.7. The van der Waals surface area contributed by atoms with E-state index in [2.05, 4.69) is 61.5 Å². The van der Waals surface area contributed by atoms with Crippen LogP contribution in [-0.2, 0) is 19.0 Å². The molecular weight excluding hydrogens is 633 g/mol. The summed E-state index contributed by atoms with van der Waals surface area (Å²) >= 11 is 0. The second-order valence-corrected chi connectivity index (χ2v) is 20.4. The molecule has 2 saturated heterocycles. The van der Waals surface area contributed by atoms with Gasteiger partial charge < -0.3 is 19.3 Å². The van der Waals surface area contributed by atoms with Crippen LogP contribution in [0.2, 0.25) is 0 Å². The summed E-state index contributed by atoms with van der Waals surface area (Å²) in [6.07, 6.45) is 28.8. The number of aliphatic hydroxyl groups excluding tert-OH is 1. The van der Waals surface area contributed by atoms with Crippen LogP contribution < -0.4 is 0 Å². The van der Waals surface area contributed by atoms with Gasteiger partial charge in [-0.3, -0.25) is 4.79 Å². The number of esters is 1. The number of rotatable bonds is 17. The van der Waals surface area contributed by atoms with E-state index in [1.54, 1.807) is 5.57 Å². The second-order valence-electron chi connectivity index (χ2n) is 20.4. The third kappa shape index (κ3) is 7.68. The third-order valence-electron chi connectivity index (χ3n) is 16.7. The first-order valence-corrected chi connectivity index (χ1v) is 22.1. The van der Waals surface area contributed by atoms with Gasteiger partial charge >= 0.3 is 5.97 Å². The van der Waals surface area contributed by atoms with E-state index < -0.39 is 6.29 Å². The van der Waals surface area contributed by atoms with Crippen molar-refractivity contribution in [3.8, 4) is 0 Å². The molecule has 6 rings (SSSR count). The van der Waals surface area contributed by atoms with E-state index in [1.165, 1.54) is 96.3 Å². The van der Waals surface area contributed by atoms with Gasteiger partial charge in [0.25, 0.3) is 0 Å². The number of carbonyl (C=O) groups excluding carboxylic acids is 1. The Morgan fingerprint density at radius 2 is 1.43 bits per heavy atom. The van der Waals surface area contributed by atoms with Gasteiger partial charge in [0.2, 0.25) is 0 Å². The normalized spacial score (nSPS) is 42.1. The molecule has 0 amide bonds. The van der Waals surface area contributed by atoms with E-state index in [4.69, 9.17) is 14.2 Å². The second kappa shape index (κ2) is 15.7. The molecule has 6 aliphatic rings. The monoisotopic (exact) mass is 711 g/mol. The van der Waals surface area contributed by atoms with Crippen LogP contribution in [0.5, 0.6) is 0 Å². The van der Waals surface area contributed by atoms with Crippen LogP contribution in [0.3, 0.4) is 0 Å². The Bertz CT molecular complexity index is 1220. The molecule has 2 heterocycles. The van der Waals surface area contributed by atoms with Crippen LogP contribution in [0, 0.1) is 45.3 Å². The fourth-order valence-corrected chi connectivity index (χ4v) is 13.2. The van der Waals surface area contributed by atoms with Crippen molar-refractivity contribution in [1.82, 2.24) is 0 Å². The Kier molecular flexibility index (Phi) is 12.2. The van der Waals surface area contributed by atoms with Gasteiger partial charge in [-0.05, 0) is 106 Å². The Morgan fingerprint density at radius 3 is 2.04 bits per heavy atom. The Morgan fingerprint density at radius 1 is 0.824 bits per heavy atom. The molecule has 0 aromatic heterocycles. The van der Waals surface area contributed by atoms with E-state index in [0.29, 0.717) is 24.2 Å². The number of ether oxygens (including phenoxy) is 3. The SMILES string of the molecule is CCCCCCCCCCCCCCCC(=O)O[C@H]1CC[C@]2(C)[C@H]3CC[C@@]4(C)[C@H]([C@@H]5C[C@H]([C@H]6OC6(C)C)O[C@H]5O)CC[C@]4(C)C3=CC[C@H]2C1(C)C. The molecule has 0 aromatic rings. The molecule has 0 unspecified atom stereocenters. The highest BCUT2D eigenvalue weighted by Gasteiger charge is 2.67. The summed E-state index contributed by atoms with van der Waals surface area (Å²) in [5, 5.41) is 11.2. The summed E-state index contributed by atoms with van der Waals surface area (Å²) < 4.78 is 18.5. The fraction of sp³-hybridized carbons (Fsp3) is 0.935. The maximum atomic E-state index is 13.2. The molecular formula is C46H78O5. The van der Waals surface area contributed by atoms with Crippen molar-refractivity contribution in [3.05, 3.63) is 11.6 Å². The van der Waals surface area contributed by atoms with Crippen molar-refractivity contribution < 1.29 is 24.1 Å². The van der Waals surface area contributed by atoms with Crippen molar-refractivity contribution in [2.45, 2.75) is 227 Å². The summed E-state index contributed by atoms with van der Waals surface area (Å²) in [4.78, 5) is 13.2. The van der Waals surface area contributed by atoms with Gasteiger partial charge in [0, 0.05) is 17.8 Å². The number of carbonyl (C=O) groups is 1. The minimum absolute atomic E-state index is 0.0116. The zero-order valence-electron chi connectivity index (χ0n) is 34.3. The molecule has 5 heteroatoms. The summed E-state index contributed by atoms with van der Waals surface area (Å²) in [5.74, 6) is 1.79. The van der Waals surface area contributed by atoms with Gasteiger partial charge in [-0.25, -0.2) is 0 Å². The lowest BCUT2D eigenvalue weighted by atomic mass is 9.41. The molecule has 51 heavy (non-hydrogen) atoms. The summed E-state index contributed by atoms with van der Waals surface area (Å²) in [6.45, 7) is 19.1. The average Bonchev–Trinajstić information content (AvgIpc) is 3.40. The first kappa shape index (κ1) is 39.8. The first-order valence-electron chi connectivity index (χ1n) is 22.1. The topological polar surface area (TPSA) is 68.3 Å². The average molecular weight is 711 g/mol. The van der Waals surface area contributed by atoms with Crippen molar-refractivity contribution in [1.29, 1.82) is 0 Å². The maximum Gasteiger partial charge on any atom is 0.306 e. The number of fused-ring (bicyclic) bond motifs is 5. The quantitative estimate of drug-likeness (QED) is 0.0704. The van der Waals surface area contributed by atoms with E-state index in [-0.39, 0.29) is 57.5 Å². The van der Waals surface area contributed by atoms with Crippen LogP contribution in [0.15, 0.2) is 11.6 Å². The highest BCUT2D eigenvalue weighted by Crippen LogP contribution is 2.74. The van der Waals surface area contributed by atoms with Gasteiger partial charge in [-0.15, -0.1) is 0 Å². The number of hydrogen-bond donors (Lipinski definition) is 1. The van der Waals surface area contributed by atoms with Crippen LogP contribution in [-0.4, -0.2) is 41.3 Å². The lowest BCUT2D eigenvalue weighted by Crippen LogP contribution is -2.58. The van der Waals surface area contributed by atoms with Crippen LogP contribution in [0.1, 0.15) is 197 Å². The predicted octanol–water partition coefficient (Wildman–Crippen LogP) is 11.9. The minimum Gasteiger partial charge on any atom is -0.462 e. The standard InChI is InChI=1S/C46H78O5/c1-9-10-11-12-13-14-15-16-17-18-19-20-21-22-39(47)50-38-27-28-44(6)34-26-30-45(7)33(32-31-36(49-41(32)48)40-43(4,5)51-40)25-29-46(45,8)35(34)23-24-37(44)42(38,2)3/h23,32-34,36-38,40-41,48H,9-22,24-31H2,1-8H3/t32-,33-,34-,36+,37-,38-,40+,41+,44+,45-,46+/m0/s1. The molecule has 4 aliphatic carbocycles. The zero-order valence-corrected chi connectivity index (χ0v) is 34.3. The lowest BCUT2D eigenvalue weighted by molar-refractivity contribution is -0.177. The number of aliphatic hydroxyl groups is 1. The molecule has 1 N–H and O–H groups in total. The van der Waals surface area contributed by atoms with Crippen LogP contribution in [0.4, 0.5) is 0 Å². The van der Waals surface area contributed by atoms with Crippen LogP contribution in [0.25, 0.3) is 0 Å². The van der Waals surface area contributed by atoms with Crippen molar-refractivity contribution >= 4 is 5.97 Å². The zero-order chi connectivity index (χ0) is 36.7. The van der Waals surface area contributed by atoms with Crippen LogP contribution >= 0.6 is 0 Å². The predicted molar refractivity (Wildman–Crippen MR) is 207 cm³/mol. The van der Waals surface area contributed by atoms with E-state index in [1.807, 2.05) is 0 Å². The molecule has 0 radical (unpaired) electrons. The molecule has 3 saturated carbocycles. The number of unbranched alkanes of at least 4 members (excludes halogenated alkanes) is 12. The van der Waals surface area contributed by atoms with Gasteiger partial charge in [-0.1, -0.05) is 130 Å². The third-order valence-corrected chi connectivity index (χ3v) is 16.7. The minimum atomic E-state index is -0.678. The fourth-order valence-electron chi connectivity index (χ4n) is 13.2. The summed E-state index contributed by atoms with van der Waals surface area (Å²) in [5.41, 5.74) is 2.11. The Hall–Kier alpha value is -0.910. The highest BCUT2D eigenvalue weighted by molar-refractivity contribution is 5.69.